The molecule has 0 bridgehead atoms. The average molecular weight is 570 g/mol. The van der Waals surface area contributed by atoms with Crippen LogP contribution in [0.2, 0.25) is 5.02 Å². The van der Waals surface area contributed by atoms with Crippen molar-refractivity contribution in [3.63, 3.8) is 0 Å². The van der Waals surface area contributed by atoms with Gasteiger partial charge in [-0.25, -0.2) is 0 Å². The fraction of sp³-hybridized carbons (Fsp3) is 0. The number of fused-ring (bicyclic) bond motifs is 11. The predicted octanol–water partition coefficient (Wildman–Crippen LogP) is 12.3. The van der Waals surface area contributed by atoms with E-state index in [4.69, 9.17) is 16.0 Å². The summed E-state index contributed by atoms with van der Waals surface area (Å²) in [5.41, 5.74) is 4.92. The number of halogens is 1. The lowest BCUT2D eigenvalue weighted by atomic mass is 9.91. The second kappa shape index (κ2) is 9.35. The Balaban J connectivity index is 1.33. The van der Waals surface area contributed by atoms with Crippen LogP contribution in [0.4, 0.5) is 17.1 Å². The van der Waals surface area contributed by atoms with Gasteiger partial charge in [0.1, 0.15) is 5.58 Å². The highest BCUT2D eigenvalue weighted by Gasteiger charge is 2.20. The van der Waals surface area contributed by atoms with E-state index in [9.17, 15) is 0 Å². The standard InChI is InChI=1S/C40H24ClNO/c41-26-18-21-31-34-20-17-25-23-28(19-22-29(25)39(34)33-13-5-4-11-30(33)36(31)24-26)42(27-9-2-1-3-10-27)37-15-8-14-35-32-12-6-7-16-38(32)43-40(35)37/h1-24H. The molecule has 0 unspecified atom stereocenters. The number of nitrogens with zero attached hydrogens (tertiary/aromatic N) is 1. The fourth-order valence-corrected chi connectivity index (χ4v) is 6.97. The van der Waals surface area contributed by atoms with E-state index in [1.165, 1.54) is 43.1 Å². The minimum Gasteiger partial charge on any atom is -0.454 e. The molecule has 0 radical (unpaired) electrons. The first kappa shape index (κ1) is 24.3. The van der Waals surface area contributed by atoms with Gasteiger partial charge < -0.3 is 9.32 Å². The first-order valence-corrected chi connectivity index (χ1v) is 14.8. The lowest BCUT2D eigenvalue weighted by molar-refractivity contribution is 0.669. The molecule has 2 nitrogen and oxygen atoms in total. The Bertz CT molecular complexity index is 2510. The van der Waals surface area contributed by atoms with E-state index in [-0.39, 0.29) is 0 Å². The van der Waals surface area contributed by atoms with Crippen LogP contribution in [-0.4, -0.2) is 0 Å². The van der Waals surface area contributed by atoms with Gasteiger partial charge in [0.25, 0.3) is 0 Å². The van der Waals surface area contributed by atoms with Crippen LogP contribution in [0, 0.1) is 0 Å². The molecule has 0 saturated carbocycles. The molecule has 202 valence electrons. The smallest absolute Gasteiger partial charge is 0.159 e. The maximum absolute atomic E-state index is 6.50. The average Bonchev–Trinajstić information content (AvgIpc) is 3.45. The fourth-order valence-electron chi connectivity index (χ4n) is 6.79. The summed E-state index contributed by atoms with van der Waals surface area (Å²) in [7, 11) is 0. The molecular weight excluding hydrogens is 546 g/mol. The van der Waals surface area contributed by atoms with Crippen LogP contribution in [0.1, 0.15) is 0 Å². The Hall–Kier alpha value is -5.31. The monoisotopic (exact) mass is 569 g/mol. The van der Waals surface area contributed by atoms with Crippen LogP contribution < -0.4 is 4.90 Å². The number of hydrogen-bond acceptors (Lipinski definition) is 2. The van der Waals surface area contributed by atoms with Crippen molar-refractivity contribution in [3.8, 4) is 0 Å². The first-order valence-electron chi connectivity index (χ1n) is 14.5. The lowest BCUT2D eigenvalue weighted by Gasteiger charge is -2.26. The molecule has 9 rings (SSSR count). The number of hydrogen-bond donors (Lipinski definition) is 0. The van der Waals surface area contributed by atoms with Crippen molar-refractivity contribution in [1.82, 2.24) is 0 Å². The zero-order chi connectivity index (χ0) is 28.5. The van der Waals surface area contributed by atoms with Gasteiger partial charge in [0, 0.05) is 27.2 Å². The van der Waals surface area contributed by atoms with Gasteiger partial charge in [-0.05, 0) is 91.6 Å². The van der Waals surface area contributed by atoms with E-state index in [0.29, 0.717) is 0 Å². The molecule has 0 N–H and O–H groups in total. The zero-order valence-corrected chi connectivity index (χ0v) is 23.8. The van der Waals surface area contributed by atoms with Gasteiger partial charge in [-0.2, -0.15) is 0 Å². The summed E-state index contributed by atoms with van der Waals surface area (Å²) in [5.74, 6) is 0. The topological polar surface area (TPSA) is 16.4 Å². The summed E-state index contributed by atoms with van der Waals surface area (Å²) in [5, 5.41) is 12.7. The van der Waals surface area contributed by atoms with Crippen LogP contribution >= 0.6 is 11.6 Å². The second-order valence-electron chi connectivity index (χ2n) is 11.1. The number of furan rings is 1. The molecule has 0 aliphatic carbocycles. The van der Waals surface area contributed by atoms with E-state index in [2.05, 4.69) is 132 Å². The molecule has 9 aromatic rings. The Morgan fingerprint density at radius 2 is 1.12 bits per heavy atom. The molecule has 1 heterocycles. The van der Waals surface area contributed by atoms with Gasteiger partial charge in [0.15, 0.2) is 5.58 Å². The quantitative estimate of drug-likeness (QED) is 0.197. The number of rotatable bonds is 3. The van der Waals surface area contributed by atoms with Crippen molar-refractivity contribution in [1.29, 1.82) is 0 Å². The summed E-state index contributed by atoms with van der Waals surface area (Å²) < 4.78 is 6.50. The maximum atomic E-state index is 6.50. The van der Waals surface area contributed by atoms with E-state index in [0.717, 1.165) is 44.0 Å². The third kappa shape index (κ3) is 3.67. The van der Waals surface area contributed by atoms with Crippen LogP contribution in [-0.2, 0) is 0 Å². The number of anilines is 3. The molecule has 0 atom stereocenters. The van der Waals surface area contributed by atoms with Crippen molar-refractivity contribution >= 4 is 93.7 Å². The summed E-state index contributed by atoms with van der Waals surface area (Å²) in [6, 6.07) is 51.4. The van der Waals surface area contributed by atoms with Gasteiger partial charge in [0.2, 0.25) is 0 Å². The van der Waals surface area contributed by atoms with Gasteiger partial charge in [0.05, 0.1) is 5.69 Å². The first-order chi connectivity index (χ1) is 21.2. The molecule has 1 aromatic heterocycles. The molecule has 0 amide bonds. The Kier molecular flexibility index (Phi) is 5.29. The Morgan fingerprint density at radius 3 is 2.00 bits per heavy atom. The molecule has 0 aliphatic heterocycles. The van der Waals surface area contributed by atoms with Crippen molar-refractivity contribution in [3.05, 3.63) is 151 Å². The number of para-hydroxylation sites is 3. The summed E-state index contributed by atoms with van der Waals surface area (Å²) in [4.78, 5) is 2.30. The molecule has 0 aliphatic rings. The molecule has 0 spiro atoms. The maximum Gasteiger partial charge on any atom is 0.159 e. The van der Waals surface area contributed by atoms with Crippen LogP contribution in [0.25, 0.3) is 65.0 Å². The molecule has 8 aromatic carbocycles. The minimum atomic E-state index is 0.753. The van der Waals surface area contributed by atoms with E-state index in [1.807, 2.05) is 18.2 Å². The minimum absolute atomic E-state index is 0.753. The normalized spacial score (nSPS) is 11.8. The second-order valence-corrected chi connectivity index (χ2v) is 11.5. The van der Waals surface area contributed by atoms with Crippen molar-refractivity contribution < 1.29 is 4.42 Å². The van der Waals surface area contributed by atoms with Crippen LogP contribution in [0.3, 0.4) is 0 Å². The SMILES string of the molecule is Clc1ccc2c(c1)c1ccccc1c1c3ccc(N(c4ccccc4)c4cccc5c4oc4ccccc45)cc3ccc21. The highest BCUT2D eigenvalue weighted by molar-refractivity contribution is 6.35. The third-order valence-corrected chi connectivity index (χ3v) is 8.89. The van der Waals surface area contributed by atoms with E-state index >= 15 is 0 Å². The van der Waals surface area contributed by atoms with Gasteiger partial charge >= 0.3 is 0 Å². The largest absolute Gasteiger partial charge is 0.454 e. The molecule has 0 fully saturated rings. The molecule has 3 heteroatoms. The summed E-state index contributed by atoms with van der Waals surface area (Å²) in [6.07, 6.45) is 0. The summed E-state index contributed by atoms with van der Waals surface area (Å²) in [6.45, 7) is 0. The molecule has 0 saturated heterocycles. The zero-order valence-electron chi connectivity index (χ0n) is 23.1. The van der Waals surface area contributed by atoms with Crippen LogP contribution in [0.15, 0.2) is 150 Å². The predicted molar refractivity (Wildman–Crippen MR) is 183 cm³/mol. The van der Waals surface area contributed by atoms with E-state index in [1.54, 1.807) is 0 Å². The highest BCUT2D eigenvalue weighted by Crippen LogP contribution is 2.44. The van der Waals surface area contributed by atoms with Crippen molar-refractivity contribution in [2.45, 2.75) is 0 Å². The summed E-state index contributed by atoms with van der Waals surface area (Å²) >= 11 is 6.46. The lowest BCUT2D eigenvalue weighted by Crippen LogP contribution is -2.10. The number of benzene rings is 8. The highest BCUT2D eigenvalue weighted by atomic mass is 35.5. The van der Waals surface area contributed by atoms with Crippen LogP contribution in [0.5, 0.6) is 0 Å². The van der Waals surface area contributed by atoms with E-state index < -0.39 is 0 Å². The molecule has 43 heavy (non-hydrogen) atoms. The van der Waals surface area contributed by atoms with Crippen molar-refractivity contribution in [2.24, 2.45) is 0 Å². The van der Waals surface area contributed by atoms with Gasteiger partial charge in [-0.1, -0.05) is 109 Å². The van der Waals surface area contributed by atoms with Gasteiger partial charge in [-0.3, -0.25) is 0 Å². The Morgan fingerprint density at radius 1 is 0.442 bits per heavy atom. The third-order valence-electron chi connectivity index (χ3n) is 8.66. The van der Waals surface area contributed by atoms with Crippen molar-refractivity contribution in [2.75, 3.05) is 4.90 Å². The molecular formula is C40H24ClNO. The van der Waals surface area contributed by atoms with Gasteiger partial charge in [-0.15, -0.1) is 0 Å². The Labute approximate surface area is 252 Å².